The highest BCUT2D eigenvalue weighted by molar-refractivity contribution is 5.85. The fourth-order valence-corrected chi connectivity index (χ4v) is 2.04. The summed E-state index contributed by atoms with van der Waals surface area (Å²) in [6.07, 6.45) is 3.24. The van der Waals surface area contributed by atoms with Crippen LogP contribution in [-0.2, 0) is 11.3 Å². The summed E-state index contributed by atoms with van der Waals surface area (Å²) in [6.45, 7) is 1.29. The van der Waals surface area contributed by atoms with E-state index in [1.165, 1.54) is 0 Å². The molecule has 23 heavy (non-hydrogen) atoms. The van der Waals surface area contributed by atoms with Gasteiger partial charge in [-0.25, -0.2) is 4.68 Å². The van der Waals surface area contributed by atoms with Crippen molar-refractivity contribution in [3.8, 4) is 11.4 Å². The zero-order valence-corrected chi connectivity index (χ0v) is 14.2. The third kappa shape index (κ3) is 5.92. The fraction of sp³-hybridized carbons (Fsp3) is 0.375. The first-order chi connectivity index (χ1) is 10.7. The van der Waals surface area contributed by atoms with Gasteiger partial charge in [-0.1, -0.05) is 0 Å². The fourth-order valence-electron chi connectivity index (χ4n) is 2.04. The van der Waals surface area contributed by atoms with Crippen LogP contribution in [0, 0.1) is 0 Å². The second kappa shape index (κ2) is 9.86. The van der Waals surface area contributed by atoms with Crippen LogP contribution in [0.1, 0.15) is 18.5 Å². The summed E-state index contributed by atoms with van der Waals surface area (Å²) < 4.78 is 6.91. The predicted molar refractivity (Wildman–Crippen MR) is 92.4 cm³/mol. The van der Waals surface area contributed by atoms with Crippen LogP contribution < -0.4 is 15.4 Å². The highest BCUT2D eigenvalue weighted by atomic mass is 35.5. The molecule has 0 unspecified atom stereocenters. The molecule has 0 saturated carbocycles. The van der Waals surface area contributed by atoms with Crippen molar-refractivity contribution in [1.82, 2.24) is 20.4 Å². The van der Waals surface area contributed by atoms with Crippen LogP contribution in [0.25, 0.3) is 5.69 Å². The molecule has 0 aliphatic carbocycles. The van der Waals surface area contributed by atoms with Crippen LogP contribution in [0.2, 0.25) is 0 Å². The van der Waals surface area contributed by atoms with Gasteiger partial charge in [0.05, 0.1) is 25.0 Å². The van der Waals surface area contributed by atoms with Gasteiger partial charge in [-0.2, -0.15) is 5.10 Å². The largest absolute Gasteiger partial charge is 0.497 e. The van der Waals surface area contributed by atoms with E-state index in [9.17, 15) is 4.79 Å². The first kappa shape index (κ1) is 19.0. The molecule has 7 heteroatoms. The molecule has 0 fully saturated rings. The number of rotatable bonds is 8. The van der Waals surface area contributed by atoms with Gasteiger partial charge in [-0.15, -0.1) is 12.4 Å². The molecule has 0 bridgehead atoms. The maximum absolute atomic E-state index is 11.7. The van der Waals surface area contributed by atoms with Gasteiger partial charge in [-0.3, -0.25) is 4.79 Å². The van der Waals surface area contributed by atoms with Crippen LogP contribution in [-0.4, -0.2) is 36.4 Å². The van der Waals surface area contributed by atoms with Gasteiger partial charge in [-0.05, 0) is 50.3 Å². The lowest BCUT2D eigenvalue weighted by atomic mass is 10.3. The topological polar surface area (TPSA) is 68.2 Å². The van der Waals surface area contributed by atoms with Crippen molar-refractivity contribution in [2.75, 3.05) is 20.7 Å². The van der Waals surface area contributed by atoms with Crippen LogP contribution in [0.3, 0.4) is 0 Å². The van der Waals surface area contributed by atoms with E-state index in [4.69, 9.17) is 4.74 Å². The molecule has 0 atom stereocenters. The SMILES string of the molecule is CNCCCC(=O)NCc1ccn(-c2ccc(OC)cc2)n1.Cl. The summed E-state index contributed by atoms with van der Waals surface area (Å²) in [5.74, 6) is 0.860. The average Bonchev–Trinajstić information content (AvgIpc) is 3.02. The second-order valence-corrected chi connectivity index (χ2v) is 4.93. The maximum Gasteiger partial charge on any atom is 0.220 e. The van der Waals surface area contributed by atoms with Crippen molar-refractivity contribution in [3.05, 3.63) is 42.2 Å². The molecular weight excluding hydrogens is 316 g/mol. The summed E-state index contributed by atoms with van der Waals surface area (Å²) in [6, 6.07) is 9.55. The van der Waals surface area contributed by atoms with Crippen molar-refractivity contribution in [1.29, 1.82) is 0 Å². The highest BCUT2D eigenvalue weighted by Crippen LogP contribution is 2.14. The Labute approximate surface area is 142 Å². The summed E-state index contributed by atoms with van der Waals surface area (Å²) in [5.41, 5.74) is 1.78. The van der Waals surface area contributed by atoms with Gasteiger partial charge in [0.1, 0.15) is 5.75 Å². The minimum absolute atomic E-state index is 0. The third-order valence-corrected chi connectivity index (χ3v) is 3.28. The molecule has 0 radical (unpaired) electrons. The number of hydrogen-bond donors (Lipinski definition) is 2. The molecule has 2 N–H and O–H groups in total. The van der Waals surface area contributed by atoms with Gasteiger partial charge >= 0.3 is 0 Å². The summed E-state index contributed by atoms with van der Waals surface area (Å²) >= 11 is 0. The molecule has 2 rings (SSSR count). The molecule has 6 nitrogen and oxygen atoms in total. The number of carbonyl (C=O) groups excluding carboxylic acids is 1. The molecule has 1 amide bonds. The molecule has 1 aromatic heterocycles. The van der Waals surface area contributed by atoms with E-state index in [1.807, 2.05) is 43.6 Å². The zero-order valence-electron chi connectivity index (χ0n) is 13.4. The molecule has 126 valence electrons. The van der Waals surface area contributed by atoms with E-state index in [-0.39, 0.29) is 18.3 Å². The molecule has 1 heterocycles. The van der Waals surface area contributed by atoms with Crippen LogP contribution in [0.4, 0.5) is 0 Å². The van der Waals surface area contributed by atoms with E-state index in [2.05, 4.69) is 15.7 Å². The van der Waals surface area contributed by atoms with Crippen LogP contribution in [0.15, 0.2) is 36.5 Å². The summed E-state index contributed by atoms with van der Waals surface area (Å²) in [4.78, 5) is 11.7. The Bertz CT molecular complexity index is 598. The average molecular weight is 339 g/mol. The Morgan fingerprint density at radius 3 is 2.65 bits per heavy atom. The predicted octanol–water partition coefficient (Wildman–Crippen LogP) is 1.92. The minimum Gasteiger partial charge on any atom is -0.497 e. The first-order valence-corrected chi connectivity index (χ1v) is 7.33. The lowest BCUT2D eigenvalue weighted by Gasteiger charge is -2.04. The minimum atomic E-state index is 0. The molecule has 0 aliphatic heterocycles. The first-order valence-electron chi connectivity index (χ1n) is 7.33. The van der Waals surface area contributed by atoms with Crippen molar-refractivity contribution in [3.63, 3.8) is 0 Å². The number of aromatic nitrogens is 2. The van der Waals surface area contributed by atoms with Crippen LogP contribution >= 0.6 is 12.4 Å². The quantitative estimate of drug-likeness (QED) is 0.722. The van der Waals surface area contributed by atoms with Gasteiger partial charge in [0.25, 0.3) is 0 Å². The third-order valence-electron chi connectivity index (χ3n) is 3.28. The van der Waals surface area contributed by atoms with E-state index >= 15 is 0 Å². The highest BCUT2D eigenvalue weighted by Gasteiger charge is 2.04. The number of nitrogens with zero attached hydrogens (tertiary/aromatic N) is 2. The Balaban J connectivity index is 0.00000264. The molecule has 1 aromatic carbocycles. The van der Waals surface area contributed by atoms with E-state index in [0.717, 1.165) is 30.1 Å². The van der Waals surface area contributed by atoms with Crippen LogP contribution in [0.5, 0.6) is 5.75 Å². The summed E-state index contributed by atoms with van der Waals surface area (Å²) in [7, 11) is 3.52. The zero-order chi connectivity index (χ0) is 15.8. The van der Waals surface area contributed by atoms with E-state index < -0.39 is 0 Å². The molecule has 0 saturated heterocycles. The van der Waals surface area contributed by atoms with Crippen molar-refractivity contribution in [2.24, 2.45) is 0 Å². The Morgan fingerprint density at radius 2 is 2.00 bits per heavy atom. The smallest absolute Gasteiger partial charge is 0.220 e. The Hall–Kier alpha value is -2.05. The monoisotopic (exact) mass is 338 g/mol. The van der Waals surface area contributed by atoms with Crippen molar-refractivity contribution in [2.45, 2.75) is 19.4 Å². The normalized spacial score (nSPS) is 10.0. The van der Waals surface area contributed by atoms with Gasteiger partial charge < -0.3 is 15.4 Å². The second-order valence-electron chi connectivity index (χ2n) is 4.93. The molecule has 2 aromatic rings. The number of nitrogens with one attached hydrogen (secondary N) is 2. The Kier molecular flexibility index (Phi) is 8.15. The summed E-state index contributed by atoms with van der Waals surface area (Å²) in [5, 5.41) is 10.4. The lowest BCUT2D eigenvalue weighted by Crippen LogP contribution is -2.23. The number of carbonyl (C=O) groups is 1. The number of halogens is 1. The van der Waals surface area contributed by atoms with Gasteiger partial charge in [0.15, 0.2) is 0 Å². The molecular formula is C16H23ClN4O2. The van der Waals surface area contributed by atoms with Gasteiger partial charge in [0.2, 0.25) is 5.91 Å². The Morgan fingerprint density at radius 1 is 1.26 bits per heavy atom. The van der Waals surface area contributed by atoms with E-state index in [0.29, 0.717) is 13.0 Å². The maximum atomic E-state index is 11.7. The molecule has 0 aliphatic rings. The number of benzene rings is 1. The number of amides is 1. The number of ether oxygens (including phenoxy) is 1. The number of methoxy groups -OCH3 is 1. The van der Waals surface area contributed by atoms with Crippen molar-refractivity contribution < 1.29 is 9.53 Å². The molecule has 0 spiro atoms. The van der Waals surface area contributed by atoms with Crippen molar-refractivity contribution >= 4 is 18.3 Å². The lowest BCUT2D eigenvalue weighted by molar-refractivity contribution is -0.121. The van der Waals surface area contributed by atoms with E-state index in [1.54, 1.807) is 11.8 Å². The number of hydrogen-bond acceptors (Lipinski definition) is 4. The van der Waals surface area contributed by atoms with Gasteiger partial charge in [0, 0.05) is 12.6 Å². The standard InChI is InChI=1S/C16H22N4O2.ClH/c1-17-10-3-4-16(21)18-12-13-9-11-20(19-13)14-5-7-15(22-2)8-6-14;/h5-9,11,17H,3-4,10,12H2,1-2H3,(H,18,21);1H.